The monoisotopic (exact) mass is 218 g/mol. The molecule has 0 spiro atoms. The molecule has 0 unspecified atom stereocenters. The first-order chi connectivity index (χ1) is 7.81. The molecule has 0 aromatic carbocycles. The summed E-state index contributed by atoms with van der Waals surface area (Å²) >= 11 is 0. The molecular formula is C11H14N4O. The summed E-state index contributed by atoms with van der Waals surface area (Å²) in [5.41, 5.74) is 6.31. The lowest BCUT2D eigenvalue weighted by molar-refractivity contribution is 0.459. The van der Waals surface area contributed by atoms with Gasteiger partial charge >= 0.3 is 0 Å². The molecule has 2 aromatic heterocycles. The highest BCUT2D eigenvalue weighted by Crippen LogP contribution is 2.18. The van der Waals surface area contributed by atoms with Crippen molar-refractivity contribution < 1.29 is 4.74 Å². The van der Waals surface area contributed by atoms with E-state index >= 15 is 0 Å². The van der Waals surface area contributed by atoms with Crippen molar-refractivity contribution in [1.29, 1.82) is 0 Å². The molecule has 0 fully saturated rings. The normalized spacial score (nSPS) is 10.4. The molecule has 0 bridgehead atoms. The van der Waals surface area contributed by atoms with Crippen molar-refractivity contribution in [1.82, 2.24) is 14.8 Å². The average molecular weight is 218 g/mol. The zero-order chi connectivity index (χ0) is 11.4. The van der Waals surface area contributed by atoms with Gasteiger partial charge in [0.15, 0.2) is 5.75 Å². The highest BCUT2D eigenvalue weighted by Gasteiger charge is 2.02. The van der Waals surface area contributed by atoms with Gasteiger partial charge in [-0.1, -0.05) is 6.07 Å². The maximum absolute atomic E-state index is 5.55. The number of nitrogens with two attached hydrogens (primary N) is 1. The molecule has 2 aromatic rings. The summed E-state index contributed by atoms with van der Waals surface area (Å²) in [5, 5.41) is 4.11. The van der Waals surface area contributed by atoms with Gasteiger partial charge in [0, 0.05) is 19.2 Å². The van der Waals surface area contributed by atoms with Crippen LogP contribution in [-0.4, -0.2) is 14.8 Å². The third-order valence-electron chi connectivity index (χ3n) is 2.15. The van der Waals surface area contributed by atoms with Crippen LogP contribution in [0, 0.1) is 0 Å². The summed E-state index contributed by atoms with van der Waals surface area (Å²) in [6, 6.07) is 5.53. The lowest BCUT2D eigenvalue weighted by Gasteiger charge is -2.02. The second-order valence-electron chi connectivity index (χ2n) is 3.31. The molecule has 84 valence electrons. The van der Waals surface area contributed by atoms with Crippen LogP contribution in [0.3, 0.4) is 0 Å². The highest BCUT2D eigenvalue weighted by atomic mass is 16.5. The molecule has 2 N–H and O–H groups in total. The summed E-state index contributed by atoms with van der Waals surface area (Å²) in [6.07, 6.45) is 3.50. The predicted octanol–water partition coefficient (Wildman–Crippen LogP) is 1.55. The van der Waals surface area contributed by atoms with Crippen LogP contribution in [0.15, 0.2) is 30.6 Å². The van der Waals surface area contributed by atoms with Crippen LogP contribution in [0.1, 0.15) is 12.6 Å². The number of aromatic nitrogens is 3. The molecule has 0 aliphatic rings. The van der Waals surface area contributed by atoms with Crippen LogP contribution in [0.2, 0.25) is 0 Å². The third kappa shape index (κ3) is 2.38. The summed E-state index contributed by atoms with van der Waals surface area (Å²) in [4.78, 5) is 4.24. The molecule has 0 saturated heterocycles. The fourth-order valence-corrected chi connectivity index (χ4v) is 1.32. The number of rotatable bonds is 4. The van der Waals surface area contributed by atoms with Gasteiger partial charge in [0.25, 0.3) is 0 Å². The molecule has 0 atom stereocenters. The van der Waals surface area contributed by atoms with E-state index in [1.165, 1.54) is 0 Å². The first-order valence-corrected chi connectivity index (χ1v) is 5.18. The molecule has 0 aliphatic carbocycles. The quantitative estimate of drug-likeness (QED) is 0.845. The van der Waals surface area contributed by atoms with Crippen LogP contribution >= 0.6 is 0 Å². The SMILES string of the molecule is CCn1cc(Oc2cccc(CN)n2)cn1. The Morgan fingerprint density at radius 1 is 1.44 bits per heavy atom. The van der Waals surface area contributed by atoms with Gasteiger partial charge in [-0.15, -0.1) is 0 Å². The Hall–Kier alpha value is -1.88. The zero-order valence-corrected chi connectivity index (χ0v) is 9.13. The number of nitrogens with zero attached hydrogens (tertiary/aromatic N) is 3. The predicted molar refractivity (Wildman–Crippen MR) is 60.1 cm³/mol. The number of hydrogen-bond donors (Lipinski definition) is 1. The van der Waals surface area contributed by atoms with E-state index in [4.69, 9.17) is 10.5 Å². The first kappa shape index (κ1) is 10.6. The first-order valence-electron chi connectivity index (χ1n) is 5.18. The Labute approximate surface area is 93.9 Å². The van der Waals surface area contributed by atoms with Gasteiger partial charge in [-0.25, -0.2) is 4.98 Å². The van der Waals surface area contributed by atoms with E-state index in [-0.39, 0.29) is 0 Å². The number of pyridine rings is 1. The molecule has 2 rings (SSSR count). The van der Waals surface area contributed by atoms with Crippen molar-refractivity contribution in [3.8, 4) is 11.6 Å². The molecule has 5 heteroatoms. The van der Waals surface area contributed by atoms with E-state index in [0.717, 1.165) is 12.2 Å². The van der Waals surface area contributed by atoms with Crippen molar-refractivity contribution in [2.24, 2.45) is 5.73 Å². The maximum atomic E-state index is 5.55. The minimum atomic E-state index is 0.408. The molecule has 0 amide bonds. The van der Waals surface area contributed by atoms with Gasteiger partial charge in [0.05, 0.1) is 18.1 Å². The minimum Gasteiger partial charge on any atom is -0.436 e. The second-order valence-corrected chi connectivity index (χ2v) is 3.31. The molecular weight excluding hydrogens is 204 g/mol. The molecule has 0 aliphatic heterocycles. The van der Waals surface area contributed by atoms with Crippen molar-refractivity contribution in [2.45, 2.75) is 20.0 Å². The Morgan fingerprint density at radius 3 is 3.00 bits per heavy atom. The van der Waals surface area contributed by atoms with E-state index in [1.54, 1.807) is 16.9 Å². The number of hydrogen-bond acceptors (Lipinski definition) is 4. The van der Waals surface area contributed by atoms with Crippen molar-refractivity contribution in [2.75, 3.05) is 0 Å². The number of ether oxygens (including phenoxy) is 1. The van der Waals surface area contributed by atoms with E-state index < -0.39 is 0 Å². The Morgan fingerprint density at radius 2 is 2.31 bits per heavy atom. The van der Waals surface area contributed by atoms with Gasteiger partial charge in [-0.05, 0) is 13.0 Å². The summed E-state index contributed by atoms with van der Waals surface area (Å²) in [6.45, 7) is 3.25. The van der Waals surface area contributed by atoms with Gasteiger partial charge < -0.3 is 10.5 Å². The third-order valence-corrected chi connectivity index (χ3v) is 2.15. The Kier molecular flexibility index (Phi) is 3.16. The van der Waals surface area contributed by atoms with Crippen molar-refractivity contribution in [3.63, 3.8) is 0 Å². The molecule has 2 heterocycles. The standard InChI is InChI=1S/C11H14N4O/c1-2-15-8-10(7-13-15)16-11-5-3-4-9(6-12)14-11/h3-5,7-8H,2,6,12H2,1H3. The highest BCUT2D eigenvalue weighted by molar-refractivity contribution is 5.23. The summed E-state index contributed by atoms with van der Waals surface area (Å²) < 4.78 is 7.35. The molecule has 16 heavy (non-hydrogen) atoms. The van der Waals surface area contributed by atoms with E-state index in [2.05, 4.69) is 10.1 Å². The van der Waals surface area contributed by atoms with Gasteiger partial charge in [-0.2, -0.15) is 5.10 Å². The summed E-state index contributed by atoms with van der Waals surface area (Å²) in [7, 11) is 0. The van der Waals surface area contributed by atoms with E-state index in [1.807, 2.05) is 25.3 Å². The zero-order valence-electron chi connectivity index (χ0n) is 9.13. The van der Waals surface area contributed by atoms with Gasteiger partial charge in [0.2, 0.25) is 5.88 Å². The molecule has 5 nitrogen and oxygen atoms in total. The Bertz CT molecular complexity index is 467. The summed E-state index contributed by atoms with van der Waals surface area (Å²) in [5.74, 6) is 1.22. The maximum Gasteiger partial charge on any atom is 0.219 e. The second kappa shape index (κ2) is 4.76. The fourth-order valence-electron chi connectivity index (χ4n) is 1.32. The minimum absolute atomic E-state index is 0.408. The van der Waals surface area contributed by atoms with Crippen LogP contribution < -0.4 is 10.5 Å². The smallest absolute Gasteiger partial charge is 0.219 e. The lowest BCUT2D eigenvalue weighted by Crippen LogP contribution is -1.99. The lowest BCUT2D eigenvalue weighted by atomic mass is 10.3. The molecule has 0 saturated carbocycles. The van der Waals surface area contributed by atoms with Gasteiger partial charge in [-0.3, -0.25) is 4.68 Å². The Balaban J connectivity index is 2.13. The van der Waals surface area contributed by atoms with E-state index in [0.29, 0.717) is 18.2 Å². The van der Waals surface area contributed by atoms with Crippen molar-refractivity contribution >= 4 is 0 Å². The topological polar surface area (TPSA) is 66.0 Å². The number of aryl methyl sites for hydroxylation is 1. The van der Waals surface area contributed by atoms with Crippen molar-refractivity contribution in [3.05, 3.63) is 36.3 Å². The van der Waals surface area contributed by atoms with Crippen LogP contribution in [-0.2, 0) is 13.1 Å². The average Bonchev–Trinajstić information content (AvgIpc) is 2.77. The van der Waals surface area contributed by atoms with Crippen LogP contribution in [0.25, 0.3) is 0 Å². The van der Waals surface area contributed by atoms with Crippen LogP contribution in [0.4, 0.5) is 0 Å². The van der Waals surface area contributed by atoms with Gasteiger partial charge in [0.1, 0.15) is 0 Å². The fraction of sp³-hybridized carbons (Fsp3) is 0.273. The molecule has 0 radical (unpaired) electrons. The van der Waals surface area contributed by atoms with E-state index in [9.17, 15) is 0 Å². The largest absolute Gasteiger partial charge is 0.436 e. The van der Waals surface area contributed by atoms with Crippen LogP contribution in [0.5, 0.6) is 11.6 Å².